The molecule has 0 heteroatoms. The van der Waals surface area contributed by atoms with Crippen LogP contribution in [0, 0.1) is 10.4 Å². The summed E-state index contributed by atoms with van der Waals surface area (Å²) < 4.78 is 0. The Kier molecular flexibility index (Phi) is 9.03. The second-order valence-corrected chi connectivity index (χ2v) is 16.9. The molecule has 0 radical (unpaired) electrons. The van der Waals surface area contributed by atoms with Crippen molar-refractivity contribution in [1.82, 2.24) is 0 Å². The Morgan fingerprint density at radius 2 is 1.08 bits per heavy atom. The van der Waals surface area contributed by atoms with Gasteiger partial charge in [-0.15, -0.1) is 0 Å². The normalized spacial score (nSPS) is 13.5. The van der Waals surface area contributed by atoms with Crippen molar-refractivity contribution < 1.29 is 0 Å². The van der Waals surface area contributed by atoms with Crippen LogP contribution >= 0.6 is 0 Å². The molecule has 0 aromatic heterocycles. The molecule has 0 aliphatic heterocycles. The molecule has 8 rings (SSSR count). The summed E-state index contributed by atoms with van der Waals surface area (Å²) in [6, 6.07) is 49.4. The van der Waals surface area contributed by atoms with Gasteiger partial charge in [-0.2, -0.15) is 0 Å². The average molecular weight is 687 g/mol. The van der Waals surface area contributed by atoms with Crippen LogP contribution in [0.25, 0.3) is 33.9 Å². The molecule has 0 fully saturated rings. The van der Waals surface area contributed by atoms with E-state index in [0.29, 0.717) is 0 Å². The molecule has 0 nitrogen and oxygen atoms in total. The number of benzene rings is 6. The van der Waals surface area contributed by atoms with E-state index in [-0.39, 0.29) is 16.7 Å². The molecule has 0 amide bonds. The highest BCUT2D eigenvalue weighted by molar-refractivity contribution is 5.83. The van der Waals surface area contributed by atoms with Gasteiger partial charge in [-0.1, -0.05) is 193 Å². The Morgan fingerprint density at radius 1 is 0.566 bits per heavy atom. The minimum Gasteiger partial charge on any atom is -0.0732 e. The number of rotatable bonds is 7. The van der Waals surface area contributed by atoms with E-state index < -0.39 is 0 Å². The average Bonchev–Trinajstić information content (AvgIpc) is 3.82. The maximum atomic E-state index is 2.56. The minimum absolute atomic E-state index is 0.0552. The largest absolute Gasteiger partial charge is 0.0732 e. The van der Waals surface area contributed by atoms with Gasteiger partial charge in [0, 0.05) is 5.92 Å². The summed E-state index contributed by atoms with van der Waals surface area (Å²) in [5.74, 6) is 0.182. The van der Waals surface area contributed by atoms with Gasteiger partial charge in [-0.05, 0) is 118 Å². The summed E-state index contributed by atoms with van der Waals surface area (Å²) in [7, 11) is 0. The molecular formula is C53H50. The highest BCUT2D eigenvalue weighted by atomic mass is 14.3. The lowest BCUT2D eigenvalue weighted by Crippen LogP contribution is -2.30. The summed E-state index contributed by atoms with van der Waals surface area (Å²) in [6.45, 7) is 14.4. The van der Waals surface area contributed by atoms with Gasteiger partial charge in [0.1, 0.15) is 0 Å². The Labute approximate surface area is 315 Å². The van der Waals surface area contributed by atoms with E-state index in [0.717, 1.165) is 12.8 Å². The van der Waals surface area contributed by atoms with E-state index in [1.165, 1.54) is 82.1 Å². The van der Waals surface area contributed by atoms with Gasteiger partial charge in [0.15, 0.2) is 0 Å². The lowest BCUT2D eigenvalue weighted by molar-refractivity contribution is 0.585. The summed E-state index contributed by atoms with van der Waals surface area (Å²) in [6.07, 6.45) is 13.5. The number of allylic oxidation sites excluding steroid dienone is 4. The highest BCUT2D eigenvalue weighted by Crippen LogP contribution is 2.43. The summed E-state index contributed by atoms with van der Waals surface area (Å²) in [5, 5.41) is 5.50. The van der Waals surface area contributed by atoms with Crippen molar-refractivity contribution >= 4 is 11.6 Å². The fourth-order valence-corrected chi connectivity index (χ4v) is 8.71. The van der Waals surface area contributed by atoms with Crippen molar-refractivity contribution in [2.75, 3.05) is 0 Å². The zero-order valence-corrected chi connectivity index (χ0v) is 32.1. The summed E-state index contributed by atoms with van der Waals surface area (Å²) >= 11 is 0. The van der Waals surface area contributed by atoms with E-state index >= 15 is 0 Å². The van der Waals surface area contributed by atoms with Gasteiger partial charge in [-0.3, -0.25) is 0 Å². The van der Waals surface area contributed by atoms with Gasteiger partial charge >= 0.3 is 0 Å². The molecule has 0 atom stereocenters. The quantitative estimate of drug-likeness (QED) is 0.157. The maximum Gasteiger partial charge on any atom is 0.0217 e. The topological polar surface area (TPSA) is 0 Å². The molecule has 0 saturated carbocycles. The first-order chi connectivity index (χ1) is 25.6. The van der Waals surface area contributed by atoms with Gasteiger partial charge in [-0.25, -0.2) is 0 Å². The van der Waals surface area contributed by atoms with E-state index in [4.69, 9.17) is 0 Å². The molecule has 0 N–H and O–H groups in total. The maximum absolute atomic E-state index is 2.56. The van der Waals surface area contributed by atoms with Crippen LogP contribution in [-0.4, -0.2) is 0 Å². The minimum atomic E-state index is -0.158. The van der Waals surface area contributed by atoms with E-state index in [2.05, 4.69) is 205 Å². The Bertz CT molecular complexity index is 2520. The van der Waals surface area contributed by atoms with Crippen LogP contribution in [0.1, 0.15) is 80.8 Å². The lowest BCUT2D eigenvalue weighted by Gasteiger charge is -2.30. The molecule has 0 heterocycles. The van der Waals surface area contributed by atoms with E-state index in [1.807, 2.05) is 0 Å². The molecule has 2 aliphatic rings. The van der Waals surface area contributed by atoms with Gasteiger partial charge in [0.05, 0.1) is 0 Å². The third kappa shape index (κ3) is 6.68. The third-order valence-electron chi connectivity index (χ3n) is 11.0. The molecule has 6 aromatic rings. The zero-order valence-electron chi connectivity index (χ0n) is 32.1. The molecule has 6 aromatic carbocycles. The standard InChI is InChI=1S/C53H50/c1-52(2,3)46-35-44-41(33-43(46)38-25-15-9-16-26-38)34-45-47(39-29-19-20-30-39)48(40-27-17-10-18-28-40)51(53(4,5)6)49(50(44)45)42(31-36-21-11-7-12-22-36)32-37-23-13-8-14-24-37/h7-30,33-35,39H,31-32H2,1-6H3. The lowest BCUT2D eigenvalue weighted by atomic mass is 9.73. The predicted molar refractivity (Wildman–Crippen MR) is 226 cm³/mol. The molecule has 0 spiro atoms. The molecule has 2 aliphatic carbocycles. The van der Waals surface area contributed by atoms with Crippen LogP contribution in [0.15, 0.2) is 158 Å². The Morgan fingerprint density at radius 3 is 1.58 bits per heavy atom. The van der Waals surface area contributed by atoms with Crippen LogP contribution in [-0.2, 0) is 23.7 Å². The SMILES string of the molecule is CC(C)(C)c1cc2c(cc1-c1ccccc1)=Cc1c(C3C=CC=C3)c(-c3ccccc3)c(C(C)(C)C)c(=C(Cc3ccccc3)Cc3ccccc3)c1=2. The molecule has 262 valence electrons. The Balaban J connectivity index is 1.66. The Hall–Kier alpha value is -5.46. The summed E-state index contributed by atoms with van der Waals surface area (Å²) in [4.78, 5) is 0. The van der Waals surface area contributed by atoms with Crippen molar-refractivity contribution in [1.29, 1.82) is 0 Å². The van der Waals surface area contributed by atoms with Crippen LogP contribution in [0.5, 0.6) is 0 Å². The first-order valence-corrected chi connectivity index (χ1v) is 19.2. The van der Waals surface area contributed by atoms with E-state index in [9.17, 15) is 0 Å². The third-order valence-corrected chi connectivity index (χ3v) is 11.0. The first kappa shape index (κ1) is 34.6. The second-order valence-electron chi connectivity index (χ2n) is 16.9. The van der Waals surface area contributed by atoms with Crippen LogP contribution < -0.4 is 10.4 Å². The highest BCUT2D eigenvalue weighted by Gasteiger charge is 2.31. The summed E-state index contributed by atoms with van der Waals surface area (Å²) in [5.41, 5.74) is 14.8. The van der Waals surface area contributed by atoms with Crippen molar-refractivity contribution in [2.24, 2.45) is 0 Å². The van der Waals surface area contributed by atoms with Crippen molar-refractivity contribution in [3.8, 4) is 22.3 Å². The number of fused-ring (bicyclic) bond motifs is 2. The molecule has 53 heavy (non-hydrogen) atoms. The fourth-order valence-electron chi connectivity index (χ4n) is 8.71. The van der Waals surface area contributed by atoms with Crippen LogP contribution in [0.3, 0.4) is 0 Å². The second kappa shape index (κ2) is 13.8. The van der Waals surface area contributed by atoms with Crippen molar-refractivity contribution in [3.63, 3.8) is 0 Å². The van der Waals surface area contributed by atoms with Crippen molar-refractivity contribution in [2.45, 2.75) is 71.1 Å². The number of hydrogen-bond donors (Lipinski definition) is 0. The molecule has 0 saturated heterocycles. The van der Waals surface area contributed by atoms with Gasteiger partial charge in [0.2, 0.25) is 0 Å². The fraction of sp³-hybridized carbons (Fsp3) is 0.208. The number of hydrogen-bond acceptors (Lipinski definition) is 0. The van der Waals surface area contributed by atoms with Crippen molar-refractivity contribution in [3.05, 3.63) is 212 Å². The monoisotopic (exact) mass is 686 g/mol. The molecule has 0 unspecified atom stereocenters. The smallest absolute Gasteiger partial charge is 0.0217 e. The van der Waals surface area contributed by atoms with Crippen LogP contribution in [0.4, 0.5) is 0 Å². The van der Waals surface area contributed by atoms with Gasteiger partial charge in [0.25, 0.3) is 0 Å². The van der Waals surface area contributed by atoms with E-state index in [1.54, 1.807) is 0 Å². The zero-order chi connectivity index (χ0) is 36.7. The predicted octanol–water partition coefficient (Wildman–Crippen LogP) is 11.9. The first-order valence-electron chi connectivity index (χ1n) is 19.2. The van der Waals surface area contributed by atoms with Gasteiger partial charge < -0.3 is 0 Å². The van der Waals surface area contributed by atoms with Crippen LogP contribution in [0.2, 0.25) is 0 Å². The molecule has 0 bridgehead atoms. The molecular weight excluding hydrogens is 637 g/mol.